The Balaban J connectivity index is 1.31. The molecular weight excluding hydrogens is 368 g/mol. The van der Waals surface area contributed by atoms with Crippen molar-refractivity contribution in [3.63, 3.8) is 0 Å². The van der Waals surface area contributed by atoms with Crippen molar-refractivity contribution >= 4 is 11.6 Å². The molecule has 0 N–H and O–H groups in total. The van der Waals surface area contributed by atoms with Crippen molar-refractivity contribution in [2.75, 3.05) is 51.4 Å². The van der Waals surface area contributed by atoms with Crippen LogP contribution < -0.4 is 14.4 Å². The summed E-state index contributed by atoms with van der Waals surface area (Å²) >= 11 is 0. The highest BCUT2D eigenvalue weighted by molar-refractivity contribution is 5.94. The highest BCUT2D eigenvalue weighted by Crippen LogP contribution is 2.28. The van der Waals surface area contributed by atoms with Gasteiger partial charge in [0.25, 0.3) is 5.91 Å². The summed E-state index contributed by atoms with van der Waals surface area (Å²) < 4.78 is 16.8. The van der Waals surface area contributed by atoms with E-state index in [1.54, 1.807) is 7.11 Å². The lowest BCUT2D eigenvalue weighted by Crippen LogP contribution is -2.48. The maximum absolute atomic E-state index is 12.9. The molecule has 0 bridgehead atoms. The van der Waals surface area contributed by atoms with Crippen LogP contribution in [0.2, 0.25) is 0 Å². The van der Waals surface area contributed by atoms with E-state index in [1.807, 2.05) is 47.4 Å². The molecule has 154 valence electrons. The Morgan fingerprint density at radius 3 is 2.52 bits per heavy atom. The number of hydrogen-bond acceptors (Lipinski definition) is 5. The Bertz CT molecular complexity index is 810. The van der Waals surface area contributed by atoms with Crippen molar-refractivity contribution in [2.24, 2.45) is 0 Å². The SMILES string of the molecule is COc1ccccc1N1CCN(C(=O)c2ccc(OC[C@H]3CCCO3)cc2)CC1. The number of methoxy groups -OCH3 is 1. The lowest BCUT2D eigenvalue weighted by molar-refractivity contribution is 0.0678. The van der Waals surface area contributed by atoms with E-state index in [9.17, 15) is 4.79 Å². The number of piperazine rings is 1. The molecule has 0 aromatic heterocycles. The molecule has 6 heteroatoms. The average molecular weight is 396 g/mol. The van der Waals surface area contributed by atoms with Gasteiger partial charge in [0.05, 0.1) is 18.9 Å². The summed E-state index contributed by atoms with van der Waals surface area (Å²) in [5, 5.41) is 0. The Morgan fingerprint density at radius 2 is 1.83 bits per heavy atom. The molecule has 2 saturated heterocycles. The van der Waals surface area contributed by atoms with Crippen LogP contribution in [0, 0.1) is 0 Å². The van der Waals surface area contributed by atoms with Crippen LogP contribution in [0.3, 0.4) is 0 Å². The van der Waals surface area contributed by atoms with Gasteiger partial charge >= 0.3 is 0 Å². The maximum atomic E-state index is 12.9. The number of carbonyl (C=O) groups excluding carboxylic acids is 1. The number of benzene rings is 2. The third-order valence-corrected chi connectivity index (χ3v) is 5.55. The Labute approximate surface area is 172 Å². The van der Waals surface area contributed by atoms with Crippen LogP contribution in [0.1, 0.15) is 23.2 Å². The molecular formula is C23H28N2O4. The molecule has 0 aliphatic carbocycles. The quantitative estimate of drug-likeness (QED) is 0.751. The molecule has 2 aliphatic rings. The zero-order valence-electron chi connectivity index (χ0n) is 16.9. The third kappa shape index (κ3) is 4.65. The topological polar surface area (TPSA) is 51.2 Å². The van der Waals surface area contributed by atoms with Gasteiger partial charge in [0.15, 0.2) is 0 Å². The summed E-state index contributed by atoms with van der Waals surface area (Å²) in [6, 6.07) is 15.4. The number of para-hydroxylation sites is 2. The number of anilines is 1. The first-order chi connectivity index (χ1) is 14.2. The van der Waals surface area contributed by atoms with E-state index in [-0.39, 0.29) is 12.0 Å². The molecule has 0 unspecified atom stereocenters. The minimum absolute atomic E-state index is 0.0651. The first-order valence-electron chi connectivity index (χ1n) is 10.3. The molecule has 2 heterocycles. The molecule has 6 nitrogen and oxygen atoms in total. The Hall–Kier alpha value is -2.73. The van der Waals surface area contributed by atoms with Crippen molar-refractivity contribution in [3.8, 4) is 11.5 Å². The molecule has 2 aromatic carbocycles. The summed E-state index contributed by atoms with van der Waals surface area (Å²) in [4.78, 5) is 17.0. The van der Waals surface area contributed by atoms with Crippen molar-refractivity contribution in [1.29, 1.82) is 0 Å². The van der Waals surface area contributed by atoms with Gasteiger partial charge in [0.2, 0.25) is 0 Å². The van der Waals surface area contributed by atoms with Gasteiger partial charge in [-0.2, -0.15) is 0 Å². The molecule has 1 atom stereocenters. The summed E-state index contributed by atoms with van der Waals surface area (Å²) in [6.07, 6.45) is 2.35. The fourth-order valence-electron chi connectivity index (χ4n) is 3.88. The lowest BCUT2D eigenvalue weighted by Gasteiger charge is -2.36. The maximum Gasteiger partial charge on any atom is 0.253 e. The monoisotopic (exact) mass is 396 g/mol. The number of hydrogen-bond donors (Lipinski definition) is 0. The molecule has 2 aliphatic heterocycles. The highest BCUT2D eigenvalue weighted by atomic mass is 16.5. The number of ether oxygens (including phenoxy) is 3. The van der Waals surface area contributed by atoms with Crippen molar-refractivity contribution < 1.29 is 19.0 Å². The predicted molar refractivity (Wildman–Crippen MR) is 112 cm³/mol. The fraction of sp³-hybridized carbons (Fsp3) is 0.435. The first-order valence-corrected chi connectivity index (χ1v) is 10.3. The smallest absolute Gasteiger partial charge is 0.253 e. The van der Waals surface area contributed by atoms with Crippen LogP contribution in [0.4, 0.5) is 5.69 Å². The summed E-state index contributed by atoms with van der Waals surface area (Å²) in [5.74, 6) is 1.71. The van der Waals surface area contributed by atoms with Gasteiger partial charge < -0.3 is 24.0 Å². The minimum Gasteiger partial charge on any atom is -0.495 e. The summed E-state index contributed by atoms with van der Waals surface area (Å²) in [5.41, 5.74) is 1.77. The number of nitrogens with zero attached hydrogens (tertiary/aromatic N) is 2. The molecule has 2 aromatic rings. The highest BCUT2D eigenvalue weighted by Gasteiger charge is 2.24. The van der Waals surface area contributed by atoms with Crippen LogP contribution in [0.5, 0.6) is 11.5 Å². The van der Waals surface area contributed by atoms with E-state index in [4.69, 9.17) is 14.2 Å². The van der Waals surface area contributed by atoms with Crippen LogP contribution in [0.15, 0.2) is 48.5 Å². The Morgan fingerprint density at radius 1 is 1.07 bits per heavy atom. The summed E-state index contributed by atoms with van der Waals surface area (Å²) in [6.45, 7) is 4.34. The first kappa shape index (κ1) is 19.6. The Kier molecular flexibility index (Phi) is 6.20. The van der Waals surface area contributed by atoms with Crippen LogP contribution in [-0.4, -0.2) is 63.4 Å². The van der Waals surface area contributed by atoms with E-state index in [0.717, 1.165) is 49.7 Å². The van der Waals surface area contributed by atoms with E-state index in [0.29, 0.717) is 25.3 Å². The number of amides is 1. The number of rotatable bonds is 6. The van der Waals surface area contributed by atoms with Crippen molar-refractivity contribution in [3.05, 3.63) is 54.1 Å². The normalized spacial score (nSPS) is 19.3. The largest absolute Gasteiger partial charge is 0.495 e. The third-order valence-electron chi connectivity index (χ3n) is 5.55. The second-order valence-corrected chi connectivity index (χ2v) is 7.42. The van der Waals surface area contributed by atoms with E-state index >= 15 is 0 Å². The van der Waals surface area contributed by atoms with Gasteiger partial charge in [-0.05, 0) is 49.2 Å². The lowest BCUT2D eigenvalue weighted by atomic mass is 10.1. The van der Waals surface area contributed by atoms with Crippen molar-refractivity contribution in [1.82, 2.24) is 4.90 Å². The molecule has 0 saturated carbocycles. The van der Waals surface area contributed by atoms with Gasteiger partial charge in [-0.3, -0.25) is 4.79 Å². The average Bonchev–Trinajstić information content (AvgIpc) is 3.31. The van der Waals surface area contributed by atoms with Crippen LogP contribution >= 0.6 is 0 Å². The van der Waals surface area contributed by atoms with Crippen LogP contribution in [0.25, 0.3) is 0 Å². The molecule has 1 amide bonds. The zero-order chi connectivity index (χ0) is 20.1. The summed E-state index contributed by atoms with van der Waals surface area (Å²) in [7, 11) is 1.69. The molecule has 2 fully saturated rings. The molecule has 4 rings (SSSR count). The van der Waals surface area contributed by atoms with Gasteiger partial charge in [0, 0.05) is 38.3 Å². The van der Waals surface area contributed by atoms with Gasteiger partial charge in [-0.25, -0.2) is 0 Å². The second kappa shape index (κ2) is 9.18. The van der Waals surface area contributed by atoms with Gasteiger partial charge in [0.1, 0.15) is 18.1 Å². The van der Waals surface area contributed by atoms with Crippen molar-refractivity contribution in [2.45, 2.75) is 18.9 Å². The molecule has 29 heavy (non-hydrogen) atoms. The van der Waals surface area contributed by atoms with E-state index < -0.39 is 0 Å². The second-order valence-electron chi connectivity index (χ2n) is 7.42. The fourth-order valence-corrected chi connectivity index (χ4v) is 3.88. The molecule has 0 radical (unpaired) electrons. The molecule has 0 spiro atoms. The minimum atomic E-state index is 0.0651. The van der Waals surface area contributed by atoms with Crippen LogP contribution in [-0.2, 0) is 4.74 Å². The zero-order valence-corrected chi connectivity index (χ0v) is 16.9. The van der Waals surface area contributed by atoms with E-state index in [1.165, 1.54) is 0 Å². The van der Waals surface area contributed by atoms with E-state index in [2.05, 4.69) is 11.0 Å². The van der Waals surface area contributed by atoms with Gasteiger partial charge in [-0.15, -0.1) is 0 Å². The number of carbonyl (C=O) groups is 1. The predicted octanol–water partition coefficient (Wildman–Crippen LogP) is 3.22. The standard InChI is InChI=1S/C23H28N2O4/c1-27-22-7-3-2-6-21(22)24-12-14-25(15-13-24)23(26)18-8-10-19(11-9-18)29-17-20-5-4-16-28-20/h2-3,6-11,20H,4-5,12-17H2,1H3/t20-/m1/s1. The van der Waals surface area contributed by atoms with Gasteiger partial charge in [-0.1, -0.05) is 12.1 Å².